The molecule has 1 aliphatic heterocycles. The maximum Gasteiger partial charge on any atom is 0.153 e. The van der Waals surface area contributed by atoms with Crippen LogP contribution in [-0.4, -0.2) is 47.8 Å². The van der Waals surface area contributed by atoms with Gasteiger partial charge in [0.05, 0.1) is 11.9 Å². The Kier molecular flexibility index (Phi) is 3.61. The van der Waals surface area contributed by atoms with Gasteiger partial charge in [0.1, 0.15) is 0 Å². The number of piperazine rings is 1. The Hall–Kier alpha value is -0.870. The highest BCUT2D eigenvalue weighted by atomic mass is 35.5. The molecular formula is C11H17ClN4. The Morgan fingerprint density at radius 2 is 2.31 bits per heavy atom. The maximum atomic E-state index is 5.85. The summed E-state index contributed by atoms with van der Waals surface area (Å²) in [4.78, 5) is 4.74. The number of hydrogen-bond acceptors (Lipinski definition) is 4. The molecule has 0 N–H and O–H groups in total. The molecule has 0 amide bonds. The van der Waals surface area contributed by atoms with Crippen LogP contribution in [0.25, 0.3) is 0 Å². The fraction of sp³-hybridized carbons (Fsp3) is 0.636. The molecule has 1 atom stereocenters. The molecule has 1 aromatic rings. The number of likely N-dealkylation sites (N-methyl/N-ethyl adjacent to an activating group) is 1. The monoisotopic (exact) mass is 240 g/mol. The molecule has 0 bridgehead atoms. The van der Waals surface area contributed by atoms with Crippen LogP contribution >= 0.6 is 11.6 Å². The van der Waals surface area contributed by atoms with E-state index >= 15 is 0 Å². The molecule has 5 heteroatoms. The summed E-state index contributed by atoms with van der Waals surface area (Å²) >= 11 is 5.85. The summed E-state index contributed by atoms with van der Waals surface area (Å²) in [6.07, 6.45) is 2.95. The summed E-state index contributed by atoms with van der Waals surface area (Å²) in [6.45, 7) is 5.37. The summed E-state index contributed by atoms with van der Waals surface area (Å²) in [5.74, 6) is 0. The molecule has 1 aromatic heterocycles. The number of rotatable bonds is 2. The highest BCUT2D eigenvalue weighted by Gasteiger charge is 2.23. The largest absolute Gasteiger partial charge is 0.367 e. The van der Waals surface area contributed by atoms with Crippen LogP contribution in [0.3, 0.4) is 0 Å². The number of aromatic nitrogens is 2. The van der Waals surface area contributed by atoms with Gasteiger partial charge >= 0.3 is 0 Å². The first kappa shape index (κ1) is 11.6. The van der Waals surface area contributed by atoms with Crippen molar-refractivity contribution in [1.29, 1.82) is 0 Å². The second-order valence-corrected chi connectivity index (χ2v) is 4.61. The lowest BCUT2D eigenvalue weighted by Gasteiger charge is -2.40. The Morgan fingerprint density at radius 1 is 1.50 bits per heavy atom. The van der Waals surface area contributed by atoms with Gasteiger partial charge in [-0.05, 0) is 13.5 Å². The molecule has 0 radical (unpaired) electrons. The van der Waals surface area contributed by atoms with E-state index in [9.17, 15) is 0 Å². The van der Waals surface area contributed by atoms with Gasteiger partial charge in [0, 0.05) is 31.7 Å². The number of anilines is 1. The standard InChI is InChI=1S/C11H17ClN4/c1-3-9-8-16(5-4-15(9)2)10-6-11(12)14-13-7-10/h6-7,9H,3-5,8H2,1-2H3. The number of nitrogens with zero attached hydrogens (tertiary/aromatic N) is 4. The molecule has 4 nitrogen and oxygen atoms in total. The average Bonchev–Trinajstić information content (AvgIpc) is 2.29. The van der Waals surface area contributed by atoms with Crippen LogP contribution in [0.15, 0.2) is 12.3 Å². The fourth-order valence-electron chi connectivity index (χ4n) is 2.13. The van der Waals surface area contributed by atoms with Gasteiger partial charge in [-0.2, -0.15) is 5.10 Å². The lowest BCUT2D eigenvalue weighted by molar-refractivity contribution is 0.213. The fourth-order valence-corrected chi connectivity index (χ4v) is 2.28. The molecule has 1 unspecified atom stereocenters. The van der Waals surface area contributed by atoms with E-state index in [2.05, 4.69) is 34.0 Å². The van der Waals surface area contributed by atoms with Crippen molar-refractivity contribution < 1.29 is 0 Å². The van der Waals surface area contributed by atoms with Gasteiger partial charge < -0.3 is 4.90 Å². The van der Waals surface area contributed by atoms with E-state index in [-0.39, 0.29) is 0 Å². The van der Waals surface area contributed by atoms with Gasteiger partial charge in [0.25, 0.3) is 0 Å². The zero-order chi connectivity index (χ0) is 11.5. The molecule has 0 aliphatic carbocycles. The Bertz CT molecular complexity index is 358. The molecule has 2 rings (SSSR count). The van der Waals surface area contributed by atoms with Crippen LogP contribution in [0.4, 0.5) is 5.69 Å². The molecule has 1 saturated heterocycles. The van der Waals surface area contributed by atoms with Gasteiger partial charge in [-0.1, -0.05) is 18.5 Å². The van der Waals surface area contributed by atoms with Crippen LogP contribution in [0.1, 0.15) is 13.3 Å². The van der Waals surface area contributed by atoms with Crippen molar-refractivity contribution in [2.45, 2.75) is 19.4 Å². The predicted molar refractivity (Wildman–Crippen MR) is 66.0 cm³/mol. The molecule has 0 aromatic carbocycles. The third kappa shape index (κ3) is 2.44. The predicted octanol–water partition coefficient (Wildman–Crippen LogP) is 1.66. The third-order valence-electron chi connectivity index (χ3n) is 3.22. The summed E-state index contributed by atoms with van der Waals surface area (Å²) in [7, 11) is 2.18. The van der Waals surface area contributed by atoms with Crippen molar-refractivity contribution in [3.63, 3.8) is 0 Å². The van der Waals surface area contributed by atoms with Crippen molar-refractivity contribution in [1.82, 2.24) is 15.1 Å². The summed E-state index contributed by atoms with van der Waals surface area (Å²) in [6, 6.07) is 2.49. The first-order chi connectivity index (χ1) is 7.70. The highest BCUT2D eigenvalue weighted by Crippen LogP contribution is 2.20. The zero-order valence-corrected chi connectivity index (χ0v) is 10.5. The number of halogens is 1. The van der Waals surface area contributed by atoms with E-state index < -0.39 is 0 Å². The molecule has 0 saturated carbocycles. The van der Waals surface area contributed by atoms with E-state index in [0.29, 0.717) is 11.2 Å². The van der Waals surface area contributed by atoms with E-state index in [1.54, 1.807) is 6.20 Å². The molecule has 1 fully saturated rings. The van der Waals surface area contributed by atoms with Crippen molar-refractivity contribution >= 4 is 17.3 Å². The second kappa shape index (κ2) is 4.97. The Labute approximate surface area is 101 Å². The SMILES string of the molecule is CCC1CN(c2cnnc(Cl)c2)CCN1C. The van der Waals surface area contributed by atoms with E-state index in [0.717, 1.165) is 25.3 Å². The molecule has 88 valence electrons. The van der Waals surface area contributed by atoms with E-state index in [1.165, 1.54) is 6.42 Å². The van der Waals surface area contributed by atoms with Crippen LogP contribution in [0.2, 0.25) is 5.15 Å². The zero-order valence-electron chi connectivity index (χ0n) is 9.73. The summed E-state index contributed by atoms with van der Waals surface area (Å²) < 4.78 is 0. The van der Waals surface area contributed by atoms with E-state index in [1.807, 2.05) is 6.07 Å². The minimum atomic E-state index is 0.462. The van der Waals surface area contributed by atoms with Crippen molar-refractivity contribution in [3.05, 3.63) is 17.4 Å². The van der Waals surface area contributed by atoms with Gasteiger partial charge in [-0.15, -0.1) is 5.10 Å². The van der Waals surface area contributed by atoms with Crippen LogP contribution in [-0.2, 0) is 0 Å². The maximum absolute atomic E-state index is 5.85. The summed E-state index contributed by atoms with van der Waals surface area (Å²) in [5.41, 5.74) is 1.08. The minimum absolute atomic E-state index is 0.462. The lowest BCUT2D eigenvalue weighted by atomic mass is 10.1. The van der Waals surface area contributed by atoms with Crippen molar-refractivity contribution in [3.8, 4) is 0 Å². The minimum Gasteiger partial charge on any atom is -0.367 e. The van der Waals surface area contributed by atoms with Gasteiger partial charge in [-0.25, -0.2) is 0 Å². The lowest BCUT2D eigenvalue weighted by Crippen LogP contribution is -2.51. The highest BCUT2D eigenvalue weighted by molar-refractivity contribution is 6.29. The summed E-state index contributed by atoms with van der Waals surface area (Å²) in [5, 5.41) is 8.12. The van der Waals surface area contributed by atoms with E-state index in [4.69, 9.17) is 11.6 Å². The molecule has 0 spiro atoms. The molecule has 1 aliphatic rings. The van der Waals surface area contributed by atoms with Crippen LogP contribution in [0, 0.1) is 0 Å². The van der Waals surface area contributed by atoms with Crippen molar-refractivity contribution in [2.75, 3.05) is 31.6 Å². The molecule has 16 heavy (non-hydrogen) atoms. The van der Waals surface area contributed by atoms with Crippen LogP contribution in [0.5, 0.6) is 0 Å². The smallest absolute Gasteiger partial charge is 0.153 e. The van der Waals surface area contributed by atoms with Gasteiger partial charge in [-0.3, -0.25) is 4.90 Å². The molecular weight excluding hydrogens is 224 g/mol. The van der Waals surface area contributed by atoms with Crippen LogP contribution < -0.4 is 4.90 Å². The van der Waals surface area contributed by atoms with Crippen molar-refractivity contribution in [2.24, 2.45) is 0 Å². The quantitative estimate of drug-likeness (QED) is 0.787. The van der Waals surface area contributed by atoms with Gasteiger partial charge in [0.2, 0.25) is 0 Å². The van der Waals surface area contributed by atoms with Gasteiger partial charge in [0.15, 0.2) is 5.15 Å². The Morgan fingerprint density at radius 3 is 3.00 bits per heavy atom. The third-order valence-corrected chi connectivity index (χ3v) is 3.41. The first-order valence-corrected chi connectivity index (χ1v) is 6.02. The average molecular weight is 241 g/mol. The molecule has 2 heterocycles. The topological polar surface area (TPSA) is 32.3 Å². The Balaban J connectivity index is 2.11. The number of hydrogen-bond donors (Lipinski definition) is 0. The second-order valence-electron chi connectivity index (χ2n) is 4.23. The first-order valence-electron chi connectivity index (χ1n) is 5.64. The normalized spacial score (nSPS) is 22.4.